The molecule has 1 amide bonds. The molecule has 1 saturated carbocycles. The molecule has 0 N–H and O–H groups in total. The van der Waals surface area contributed by atoms with Crippen molar-refractivity contribution in [1.82, 2.24) is 18.5 Å². The van der Waals surface area contributed by atoms with Crippen molar-refractivity contribution in [2.75, 3.05) is 57.3 Å². The number of piperazine rings is 1. The van der Waals surface area contributed by atoms with E-state index in [4.69, 9.17) is 4.74 Å². The fourth-order valence-corrected chi connectivity index (χ4v) is 7.07. The summed E-state index contributed by atoms with van der Waals surface area (Å²) in [5.74, 6) is -0.0968. The van der Waals surface area contributed by atoms with E-state index in [1.165, 1.54) is 8.61 Å². The standard InChI is InChI=1S/C24H30FN5O4S/c25-22-15-29(9-7-24(22)17-30(19-5-6-19)23(31)16-34-24)35(32,33)28-12-10-27(11-13-28)20-4-3-18-2-1-8-26-21(18)14-20/h1-4,8,14,19,22H,5-7,9-13,15-17H2/t22-,24+/m1/s1. The predicted molar refractivity (Wildman–Crippen MR) is 129 cm³/mol. The van der Waals surface area contributed by atoms with Gasteiger partial charge >= 0.3 is 0 Å². The highest BCUT2D eigenvalue weighted by atomic mass is 32.2. The van der Waals surface area contributed by atoms with Crippen LogP contribution in [0.4, 0.5) is 10.1 Å². The number of anilines is 1. The van der Waals surface area contributed by atoms with Crippen LogP contribution in [0.3, 0.4) is 0 Å². The van der Waals surface area contributed by atoms with Crippen LogP contribution in [-0.4, -0.2) is 103 Å². The normalized spacial score (nSPS) is 29.3. The molecule has 1 aliphatic carbocycles. The lowest BCUT2D eigenvalue weighted by Gasteiger charge is -2.49. The minimum absolute atomic E-state index is 0.0968. The van der Waals surface area contributed by atoms with E-state index in [1.807, 2.05) is 30.3 Å². The molecule has 1 spiro atoms. The molecular formula is C24H30FN5O4S. The number of alkyl halides is 1. The Labute approximate surface area is 204 Å². The van der Waals surface area contributed by atoms with E-state index in [2.05, 4.69) is 9.88 Å². The number of carbonyl (C=O) groups is 1. The van der Waals surface area contributed by atoms with E-state index >= 15 is 4.39 Å². The molecule has 0 bridgehead atoms. The molecule has 35 heavy (non-hydrogen) atoms. The van der Waals surface area contributed by atoms with Crippen molar-refractivity contribution in [3.8, 4) is 0 Å². The Balaban J connectivity index is 1.10. The van der Waals surface area contributed by atoms with Gasteiger partial charge in [-0.3, -0.25) is 9.78 Å². The van der Waals surface area contributed by atoms with Crippen LogP contribution in [-0.2, 0) is 19.7 Å². The summed E-state index contributed by atoms with van der Waals surface area (Å²) in [6.07, 6.45) is 2.42. The molecule has 0 unspecified atom stereocenters. The Kier molecular flexibility index (Phi) is 5.70. The highest BCUT2D eigenvalue weighted by Crippen LogP contribution is 2.38. The molecule has 188 valence electrons. The number of pyridine rings is 1. The summed E-state index contributed by atoms with van der Waals surface area (Å²) in [5, 5.41) is 1.06. The van der Waals surface area contributed by atoms with Gasteiger partial charge in [0.25, 0.3) is 10.2 Å². The number of carbonyl (C=O) groups excluding carboxylic acids is 1. The first-order valence-corrected chi connectivity index (χ1v) is 13.7. The summed E-state index contributed by atoms with van der Waals surface area (Å²) in [6, 6.07) is 10.2. The van der Waals surface area contributed by atoms with Gasteiger partial charge in [0, 0.05) is 62.6 Å². The monoisotopic (exact) mass is 503 g/mol. The quantitative estimate of drug-likeness (QED) is 0.627. The van der Waals surface area contributed by atoms with Gasteiger partial charge in [-0.1, -0.05) is 12.1 Å². The zero-order valence-electron chi connectivity index (χ0n) is 19.6. The Bertz CT molecular complexity index is 1230. The maximum Gasteiger partial charge on any atom is 0.282 e. The van der Waals surface area contributed by atoms with Crippen LogP contribution in [0, 0.1) is 0 Å². The first-order chi connectivity index (χ1) is 16.9. The van der Waals surface area contributed by atoms with E-state index in [9.17, 15) is 13.2 Å². The largest absolute Gasteiger partial charge is 0.369 e. The third kappa shape index (κ3) is 4.18. The summed E-state index contributed by atoms with van der Waals surface area (Å²) < 4.78 is 50.6. The van der Waals surface area contributed by atoms with Gasteiger partial charge in [0.2, 0.25) is 5.91 Å². The summed E-state index contributed by atoms with van der Waals surface area (Å²) in [5.41, 5.74) is 0.815. The van der Waals surface area contributed by atoms with Gasteiger partial charge in [-0.2, -0.15) is 17.0 Å². The Morgan fingerprint density at radius 3 is 2.60 bits per heavy atom. The predicted octanol–water partition coefficient (Wildman–Crippen LogP) is 1.41. The second kappa shape index (κ2) is 8.65. The Morgan fingerprint density at radius 1 is 1.06 bits per heavy atom. The third-order valence-corrected chi connectivity index (χ3v) is 9.80. The fourth-order valence-electron chi connectivity index (χ4n) is 5.48. The van der Waals surface area contributed by atoms with Crippen molar-refractivity contribution in [2.24, 2.45) is 0 Å². The molecule has 4 heterocycles. The number of amides is 1. The van der Waals surface area contributed by atoms with Crippen molar-refractivity contribution in [1.29, 1.82) is 0 Å². The number of ether oxygens (including phenoxy) is 1. The van der Waals surface area contributed by atoms with Crippen molar-refractivity contribution >= 4 is 32.7 Å². The summed E-state index contributed by atoms with van der Waals surface area (Å²) in [6.45, 7) is 1.80. The molecule has 4 fully saturated rings. The maximum atomic E-state index is 15.5. The van der Waals surface area contributed by atoms with E-state index < -0.39 is 22.0 Å². The number of rotatable bonds is 4. The molecule has 6 rings (SSSR count). The lowest BCUT2D eigenvalue weighted by molar-refractivity contribution is -0.185. The SMILES string of the molecule is O=C1CO[C@@]2(CCN(S(=O)(=O)N3CCN(c4ccc5cccnc5c4)CC3)C[C@H]2F)CN1C1CC1. The molecule has 2 aromatic rings. The zero-order chi connectivity index (χ0) is 24.2. The number of halogens is 1. The highest BCUT2D eigenvalue weighted by Gasteiger charge is 2.53. The maximum absolute atomic E-state index is 15.5. The molecule has 1 aromatic carbocycles. The number of benzene rings is 1. The molecule has 3 saturated heterocycles. The topological polar surface area (TPSA) is 86.3 Å². The van der Waals surface area contributed by atoms with Crippen molar-refractivity contribution < 1.29 is 22.3 Å². The Morgan fingerprint density at radius 2 is 1.86 bits per heavy atom. The first-order valence-electron chi connectivity index (χ1n) is 12.3. The second-order valence-electron chi connectivity index (χ2n) is 9.96. The van der Waals surface area contributed by atoms with Crippen molar-refractivity contribution in [2.45, 2.75) is 37.1 Å². The second-order valence-corrected chi connectivity index (χ2v) is 11.9. The van der Waals surface area contributed by atoms with Crippen LogP contribution >= 0.6 is 0 Å². The van der Waals surface area contributed by atoms with Crippen LogP contribution in [0.5, 0.6) is 0 Å². The van der Waals surface area contributed by atoms with Crippen LogP contribution < -0.4 is 4.90 Å². The first kappa shape index (κ1) is 23.1. The van der Waals surface area contributed by atoms with Gasteiger partial charge in [0.15, 0.2) is 0 Å². The number of morpholine rings is 1. The summed E-state index contributed by atoms with van der Waals surface area (Å²) >= 11 is 0. The number of piperidine rings is 1. The number of aromatic nitrogens is 1. The van der Waals surface area contributed by atoms with Gasteiger partial charge in [0.1, 0.15) is 18.4 Å². The van der Waals surface area contributed by atoms with Crippen molar-refractivity contribution in [3.63, 3.8) is 0 Å². The van der Waals surface area contributed by atoms with E-state index in [-0.39, 0.29) is 44.6 Å². The van der Waals surface area contributed by atoms with Gasteiger partial charge < -0.3 is 14.5 Å². The lowest BCUT2D eigenvalue weighted by Crippen LogP contribution is -2.66. The molecule has 0 radical (unpaired) electrons. The van der Waals surface area contributed by atoms with Crippen LogP contribution in [0.1, 0.15) is 19.3 Å². The summed E-state index contributed by atoms with van der Waals surface area (Å²) in [4.78, 5) is 20.5. The number of hydrogen-bond acceptors (Lipinski definition) is 6. The van der Waals surface area contributed by atoms with Gasteiger partial charge in [-0.15, -0.1) is 0 Å². The average molecular weight is 504 g/mol. The highest BCUT2D eigenvalue weighted by molar-refractivity contribution is 7.86. The molecule has 1 aromatic heterocycles. The molecule has 3 aliphatic heterocycles. The average Bonchev–Trinajstić information content (AvgIpc) is 3.72. The van der Waals surface area contributed by atoms with E-state index in [1.54, 1.807) is 11.1 Å². The van der Waals surface area contributed by atoms with Crippen LogP contribution in [0.15, 0.2) is 36.5 Å². The minimum Gasteiger partial charge on any atom is -0.369 e. The number of fused-ring (bicyclic) bond motifs is 1. The Hall–Kier alpha value is -2.34. The fraction of sp³-hybridized carbons (Fsp3) is 0.583. The smallest absolute Gasteiger partial charge is 0.282 e. The molecule has 4 aliphatic rings. The van der Waals surface area contributed by atoms with E-state index in [0.29, 0.717) is 26.2 Å². The summed E-state index contributed by atoms with van der Waals surface area (Å²) in [7, 11) is -3.79. The number of nitrogens with zero attached hydrogens (tertiary/aromatic N) is 5. The molecule has 9 nitrogen and oxygen atoms in total. The third-order valence-electron chi connectivity index (χ3n) is 7.79. The van der Waals surface area contributed by atoms with Crippen LogP contribution in [0.25, 0.3) is 10.9 Å². The zero-order valence-corrected chi connectivity index (χ0v) is 20.4. The van der Waals surface area contributed by atoms with Gasteiger partial charge in [-0.05, 0) is 37.5 Å². The lowest BCUT2D eigenvalue weighted by atomic mass is 9.88. The molecule has 2 atom stereocenters. The molecular weight excluding hydrogens is 473 g/mol. The molecule has 11 heteroatoms. The van der Waals surface area contributed by atoms with Crippen molar-refractivity contribution in [3.05, 3.63) is 36.5 Å². The van der Waals surface area contributed by atoms with Gasteiger partial charge in [0.05, 0.1) is 12.1 Å². The minimum atomic E-state index is -3.79. The number of hydrogen-bond donors (Lipinski definition) is 0. The van der Waals surface area contributed by atoms with Gasteiger partial charge in [-0.25, -0.2) is 4.39 Å². The van der Waals surface area contributed by atoms with E-state index in [0.717, 1.165) is 29.4 Å². The van der Waals surface area contributed by atoms with Crippen LogP contribution in [0.2, 0.25) is 0 Å².